The summed E-state index contributed by atoms with van der Waals surface area (Å²) in [6, 6.07) is 6.48. The van der Waals surface area contributed by atoms with Gasteiger partial charge in [0.05, 0.1) is 0 Å². The Morgan fingerprint density at radius 2 is 1.21 bits per heavy atom. The summed E-state index contributed by atoms with van der Waals surface area (Å²) < 4.78 is 5.07. The zero-order valence-electron chi connectivity index (χ0n) is 18.6. The van der Waals surface area contributed by atoms with Crippen LogP contribution in [0.5, 0.6) is 11.5 Å². The average Bonchev–Trinajstić information content (AvgIpc) is 2.72. The molecule has 0 aromatic heterocycles. The highest BCUT2D eigenvalue weighted by atomic mass is 16.6. The van der Waals surface area contributed by atoms with Crippen molar-refractivity contribution in [1.82, 2.24) is 5.32 Å². The van der Waals surface area contributed by atoms with E-state index in [0.29, 0.717) is 6.54 Å². The molecule has 4 heteroatoms. The molecule has 1 amide bonds. The molecule has 1 aromatic carbocycles. The van der Waals surface area contributed by atoms with Gasteiger partial charge in [-0.05, 0) is 18.6 Å². The summed E-state index contributed by atoms with van der Waals surface area (Å²) >= 11 is 0. The second-order valence-electron chi connectivity index (χ2n) is 8.09. The normalized spacial score (nSPS) is 10.8. The molecule has 0 bridgehead atoms. The number of carbonyl (C=O) groups is 1. The lowest BCUT2D eigenvalue weighted by atomic mass is 10.0. The number of benzene rings is 1. The largest absolute Gasteiger partial charge is 0.504 e. The SMILES string of the molecule is CCCCCCCCCCCCCCCCCCNC(=O)Oc1ccccc1O. The van der Waals surface area contributed by atoms with Crippen molar-refractivity contribution in [3.05, 3.63) is 24.3 Å². The van der Waals surface area contributed by atoms with Gasteiger partial charge < -0.3 is 15.2 Å². The second-order valence-corrected chi connectivity index (χ2v) is 8.09. The van der Waals surface area contributed by atoms with Crippen LogP contribution in [0.25, 0.3) is 0 Å². The van der Waals surface area contributed by atoms with E-state index in [2.05, 4.69) is 12.2 Å². The molecule has 0 unspecified atom stereocenters. The minimum Gasteiger partial charge on any atom is -0.504 e. The first kappa shape index (κ1) is 25.3. The third-order valence-corrected chi connectivity index (χ3v) is 5.37. The second kappa shape index (κ2) is 18.3. The maximum Gasteiger partial charge on any atom is 0.412 e. The minimum atomic E-state index is -0.507. The number of phenols is 1. The molecule has 2 N–H and O–H groups in total. The Labute approximate surface area is 178 Å². The Morgan fingerprint density at radius 3 is 1.69 bits per heavy atom. The summed E-state index contributed by atoms with van der Waals surface area (Å²) in [5.41, 5.74) is 0. The van der Waals surface area contributed by atoms with Gasteiger partial charge in [-0.2, -0.15) is 0 Å². The number of rotatable bonds is 18. The van der Waals surface area contributed by atoms with Crippen LogP contribution < -0.4 is 10.1 Å². The number of para-hydroxylation sites is 2. The maximum atomic E-state index is 11.7. The maximum absolute atomic E-state index is 11.7. The standard InChI is InChI=1S/C25H43NO3/c1-2-3-4-5-6-7-8-9-10-11-12-13-14-15-16-19-22-26-25(28)29-24-21-18-17-20-23(24)27/h17-18,20-21,27H,2-16,19,22H2,1H3,(H,26,28). The number of ether oxygens (including phenoxy) is 1. The molecule has 0 fully saturated rings. The molecule has 0 saturated carbocycles. The molecule has 1 aromatic rings. The summed E-state index contributed by atoms with van der Waals surface area (Å²) in [4.78, 5) is 11.7. The minimum absolute atomic E-state index is 0.0231. The van der Waals surface area contributed by atoms with Crippen LogP contribution in [0.4, 0.5) is 4.79 Å². The summed E-state index contributed by atoms with van der Waals surface area (Å²) in [7, 11) is 0. The van der Waals surface area contributed by atoms with Crippen LogP contribution in [-0.2, 0) is 0 Å². The zero-order chi connectivity index (χ0) is 21.0. The number of hydrogen-bond acceptors (Lipinski definition) is 3. The number of unbranched alkanes of at least 4 members (excludes halogenated alkanes) is 15. The van der Waals surface area contributed by atoms with Crippen molar-refractivity contribution in [2.75, 3.05) is 6.54 Å². The van der Waals surface area contributed by atoms with E-state index in [9.17, 15) is 9.90 Å². The van der Waals surface area contributed by atoms with Crippen molar-refractivity contribution in [2.45, 2.75) is 110 Å². The van der Waals surface area contributed by atoms with Crippen LogP contribution in [0.2, 0.25) is 0 Å². The predicted molar refractivity (Wildman–Crippen MR) is 122 cm³/mol. The molecular weight excluding hydrogens is 362 g/mol. The number of amides is 1. The van der Waals surface area contributed by atoms with E-state index in [0.717, 1.165) is 12.8 Å². The lowest BCUT2D eigenvalue weighted by Gasteiger charge is -2.07. The number of carbonyl (C=O) groups excluding carboxylic acids is 1. The fourth-order valence-corrected chi connectivity index (χ4v) is 3.54. The van der Waals surface area contributed by atoms with Gasteiger partial charge in [0.15, 0.2) is 11.5 Å². The molecule has 0 aliphatic heterocycles. The van der Waals surface area contributed by atoms with Gasteiger partial charge in [0.1, 0.15) is 0 Å². The Hall–Kier alpha value is -1.71. The van der Waals surface area contributed by atoms with Gasteiger partial charge in [-0.1, -0.05) is 115 Å². The first-order chi connectivity index (χ1) is 14.2. The average molecular weight is 406 g/mol. The molecule has 0 aliphatic carbocycles. The third-order valence-electron chi connectivity index (χ3n) is 5.37. The molecule has 0 aliphatic rings. The van der Waals surface area contributed by atoms with E-state index in [1.165, 1.54) is 96.0 Å². The smallest absolute Gasteiger partial charge is 0.412 e. The van der Waals surface area contributed by atoms with E-state index < -0.39 is 6.09 Å². The third kappa shape index (κ3) is 14.9. The number of phenolic OH excluding ortho intramolecular Hbond substituents is 1. The van der Waals surface area contributed by atoms with Crippen LogP contribution in [0.3, 0.4) is 0 Å². The lowest BCUT2D eigenvalue weighted by Crippen LogP contribution is -2.27. The Bertz CT molecular complexity index is 519. The van der Waals surface area contributed by atoms with Gasteiger partial charge in [-0.25, -0.2) is 4.79 Å². The number of hydrogen-bond donors (Lipinski definition) is 2. The van der Waals surface area contributed by atoms with Crippen LogP contribution in [0, 0.1) is 0 Å². The Balaban J connectivity index is 1.79. The van der Waals surface area contributed by atoms with E-state index in [4.69, 9.17) is 4.74 Å². The van der Waals surface area contributed by atoms with E-state index >= 15 is 0 Å². The topological polar surface area (TPSA) is 58.6 Å². The Morgan fingerprint density at radius 1 is 0.759 bits per heavy atom. The fourth-order valence-electron chi connectivity index (χ4n) is 3.54. The van der Waals surface area contributed by atoms with Crippen LogP contribution in [0.15, 0.2) is 24.3 Å². The summed E-state index contributed by atoms with van der Waals surface area (Å²) in [5, 5.41) is 12.3. The monoisotopic (exact) mass is 405 g/mol. The molecule has 1 rings (SSSR count). The molecule has 0 heterocycles. The zero-order valence-corrected chi connectivity index (χ0v) is 18.6. The van der Waals surface area contributed by atoms with Gasteiger partial charge in [0.2, 0.25) is 0 Å². The summed E-state index contributed by atoms with van der Waals surface area (Å²) in [6.45, 7) is 2.89. The van der Waals surface area contributed by atoms with Gasteiger partial charge in [-0.15, -0.1) is 0 Å². The van der Waals surface area contributed by atoms with Crippen LogP contribution in [-0.4, -0.2) is 17.7 Å². The predicted octanol–water partition coefficient (Wildman–Crippen LogP) is 7.74. The lowest BCUT2D eigenvalue weighted by molar-refractivity contribution is 0.198. The molecule has 166 valence electrons. The first-order valence-corrected chi connectivity index (χ1v) is 12.0. The van der Waals surface area contributed by atoms with Gasteiger partial charge in [-0.3, -0.25) is 0 Å². The molecule has 0 spiro atoms. The molecule has 0 saturated heterocycles. The van der Waals surface area contributed by atoms with Crippen LogP contribution >= 0.6 is 0 Å². The molecule has 29 heavy (non-hydrogen) atoms. The fraction of sp³-hybridized carbons (Fsp3) is 0.720. The Kier molecular flexibility index (Phi) is 16.0. The van der Waals surface area contributed by atoms with Crippen molar-refractivity contribution in [2.24, 2.45) is 0 Å². The molecule has 0 radical (unpaired) electrons. The van der Waals surface area contributed by atoms with Crippen molar-refractivity contribution < 1.29 is 14.6 Å². The van der Waals surface area contributed by atoms with E-state index in [-0.39, 0.29) is 11.5 Å². The highest BCUT2D eigenvalue weighted by Crippen LogP contribution is 2.24. The van der Waals surface area contributed by atoms with E-state index in [1.54, 1.807) is 18.2 Å². The van der Waals surface area contributed by atoms with Crippen molar-refractivity contribution in [3.8, 4) is 11.5 Å². The van der Waals surface area contributed by atoms with Gasteiger partial charge >= 0.3 is 6.09 Å². The highest BCUT2D eigenvalue weighted by molar-refractivity contribution is 5.71. The number of nitrogens with one attached hydrogen (secondary N) is 1. The van der Waals surface area contributed by atoms with E-state index in [1.807, 2.05) is 0 Å². The van der Waals surface area contributed by atoms with Crippen molar-refractivity contribution in [3.63, 3.8) is 0 Å². The van der Waals surface area contributed by atoms with Crippen LogP contribution in [0.1, 0.15) is 110 Å². The molecular formula is C25H43NO3. The van der Waals surface area contributed by atoms with Gasteiger partial charge in [0, 0.05) is 6.54 Å². The first-order valence-electron chi connectivity index (χ1n) is 12.0. The molecule has 4 nitrogen and oxygen atoms in total. The van der Waals surface area contributed by atoms with Crippen molar-refractivity contribution in [1.29, 1.82) is 0 Å². The highest BCUT2D eigenvalue weighted by Gasteiger charge is 2.06. The summed E-state index contributed by atoms with van der Waals surface area (Å²) in [5.74, 6) is 0.169. The van der Waals surface area contributed by atoms with Crippen molar-refractivity contribution >= 4 is 6.09 Å². The quantitative estimate of drug-likeness (QED) is 0.245. The molecule has 0 atom stereocenters. The summed E-state index contributed by atoms with van der Waals surface area (Å²) in [6.07, 6.45) is 20.9. The number of aromatic hydroxyl groups is 1. The van der Waals surface area contributed by atoms with Gasteiger partial charge in [0.25, 0.3) is 0 Å².